The van der Waals surface area contributed by atoms with E-state index < -0.39 is 9.84 Å². The number of halogens is 1. The molecule has 5 nitrogen and oxygen atoms in total. The van der Waals surface area contributed by atoms with E-state index in [1.165, 1.54) is 12.1 Å². The van der Waals surface area contributed by atoms with Crippen LogP contribution in [0.5, 0.6) is 0 Å². The summed E-state index contributed by atoms with van der Waals surface area (Å²) in [5.41, 5.74) is 0.564. The molecule has 0 saturated heterocycles. The van der Waals surface area contributed by atoms with Crippen LogP contribution in [0.15, 0.2) is 28.0 Å². The van der Waals surface area contributed by atoms with Crippen LogP contribution in [-0.4, -0.2) is 20.1 Å². The largest absolute Gasteiger partial charge is 1.00 e. The summed E-state index contributed by atoms with van der Waals surface area (Å²) in [6, 6.07) is 4.57. The summed E-state index contributed by atoms with van der Waals surface area (Å²) in [6.07, 6.45) is 0. The first-order valence-electron chi connectivity index (χ1n) is 4.54. The molecule has 0 aliphatic heterocycles. The van der Waals surface area contributed by atoms with Crippen LogP contribution in [-0.2, 0) is 19.2 Å². The Kier molecular flexibility index (Phi) is 9.12. The molecular formula is C9H10ClNaO5S2. The molecule has 0 N–H and O–H groups in total. The van der Waals surface area contributed by atoms with E-state index >= 15 is 0 Å². The second kappa shape index (κ2) is 8.78. The maximum atomic E-state index is 11.8. The Bertz CT molecular complexity index is 480. The van der Waals surface area contributed by atoms with Gasteiger partial charge < -0.3 is 5.26 Å². The van der Waals surface area contributed by atoms with Crippen LogP contribution in [0.3, 0.4) is 0 Å². The van der Waals surface area contributed by atoms with Gasteiger partial charge in [-0.05, 0) is 30.7 Å². The van der Waals surface area contributed by atoms with Gasteiger partial charge in [-0.1, -0.05) is 0 Å². The average molecular weight is 321 g/mol. The molecule has 0 radical (unpaired) electrons. The van der Waals surface area contributed by atoms with Crippen molar-refractivity contribution in [2.75, 3.05) is 11.6 Å². The summed E-state index contributed by atoms with van der Waals surface area (Å²) >= 11 is 6.15. The van der Waals surface area contributed by atoms with Gasteiger partial charge in [0.15, 0.2) is 9.84 Å². The molecule has 0 amide bonds. The summed E-state index contributed by atoms with van der Waals surface area (Å²) in [4.78, 5) is 0.800. The molecule has 1 aromatic rings. The Hall–Kier alpha value is 0.690. The maximum Gasteiger partial charge on any atom is 1.00 e. The molecule has 9 heteroatoms. The zero-order valence-corrected chi connectivity index (χ0v) is 14.3. The standard InChI is InChI=1S/C9H11ClO5S2.Na/c1-7-6-8(16-15-14-11)2-3-9(7)17(12,13)5-4-10;/h2-3,6,11H,4-5H2,1H3;/q;+1/p-1. The Labute approximate surface area is 137 Å². The molecular weight excluding hydrogens is 311 g/mol. The average Bonchev–Trinajstić information content (AvgIpc) is 2.26. The van der Waals surface area contributed by atoms with Crippen molar-refractivity contribution in [3.8, 4) is 0 Å². The van der Waals surface area contributed by atoms with Gasteiger partial charge in [0.25, 0.3) is 0 Å². The monoisotopic (exact) mass is 320 g/mol. The fourth-order valence-electron chi connectivity index (χ4n) is 1.29. The second-order valence-corrected chi connectivity index (χ2v) is 6.38. The van der Waals surface area contributed by atoms with Gasteiger partial charge in [-0.3, -0.25) is 5.04 Å². The van der Waals surface area contributed by atoms with E-state index in [0.29, 0.717) is 22.5 Å². The van der Waals surface area contributed by atoms with Crippen molar-refractivity contribution >= 4 is 33.5 Å². The normalized spacial score (nSPS) is 11.1. The first-order valence-corrected chi connectivity index (χ1v) is 7.46. The van der Waals surface area contributed by atoms with Crippen LogP contribution < -0.4 is 34.8 Å². The number of aryl methyl sites for hydroxylation is 1. The van der Waals surface area contributed by atoms with Gasteiger partial charge in [0.2, 0.25) is 0 Å². The van der Waals surface area contributed by atoms with Crippen molar-refractivity contribution in [1.82, 2.24) is 0 Å². The van der Waals surface area contributed by atoms with Crippen LogP contribution >= 0.6 is 23.6 Å². The molecule has 0 aromatic heterocycles. The minimum absolute atomic E-state index is 0. The zero-order valence-electron chi connectivity index (χ0n) is 9.88. The van der Waals surface area contributed by atoms with Crippen LogP contribution in [0, 0.1) is 6.92 Å². The van der Waals surface area contributed by atoms with Crippen LogP contribution in [0.2, 0.25) is 0 Å². The summed E-state index contributed by atoms with van der Waals surface area (Å²) in [5, 5.41) is 12.8. The van der Waals surface area contributed by atoms with Crippen molar-refractivity contribution in [2.24, 2.45) is 0 Å². The Morgan fingerprint density at radius 1 is 1.44 bits per heavy atom. The number of benzene rings is 1. The SMILES string of the molecule is Cc1cc(SOO[O-])ccc1S(=O)(=O)CCCl.[Na+]. The van der Waals surface area contributed by atoms with E-state index in [1.807, 2.05) is 0 Å². The third-order valence-electron chi connectivity index (χ3n) is 1.99. The molecule has 0 heterocycles. The van der Waals surface area contributed by atoms with Gasteiger partial charge in [0.05, 0.1) is 22.7 Å². The van der Waals surface area contributed by atoms with Crippen molar-refractivity contribution < 1.29 is 52.6 Å². The minimum atomic E-state index is -3.35. The Morgan fingerprint density at radius 2 is 2.11 bits per heavy atom. The molecule has 0 unspecified atom stereocenters. The number of rotatable bonds is 6. The molecule has 0 bridgehead atoms. The number of hydrogen-bond donors (Lipinski definition) is 0. The smallest absolute Gasteiger partial charge is 0.691 e. The number of alkyl halides is 1. The maximum absolute atomic E-state index is 11.8. The molecule has 1 aromatic carbocycles. The van der Waals surface area contributed by atoms with Crippen LogP contribution in [0.25, 0.3) is 0 Å². The summed E-state index contributed by atoms with van der Waals surface area (Å²) in [6.45, 7) is 1.66. The van der Waals surface area contributed by atoms with E-state index in [9.17, 15) is 13.7 Å². The Morgan fingerprint density at radius 3 is 2.61 bits per heavy atom. The van der Waals surface area contributed by atoms with Gasteiger partial charge in [-0.15, -0.1) is 11.6 Å². The molecule has 0 fully saturated rings. The van der Waals surface area contributed by atoms with Gasteiger partial charge in [0, 0.05) is 10.8 Å². The quantitative estimate of drug-likeness (QED) is 0.203. The minimum Gasteiger partial charge on any atom is -0.691 e. The van der Waals surface area contributed by atoms with Crippen molar-refractivity contribution in [1.29, 1.82) is 0 Å². The van der Waals surface area contributed by atoms with E-state index in [-0.39, 0.29) is 46.1 Å². The molecule has 0 aliphatic carbocycles. The van der Waals surface area contributed by atoms with Gasteiger partial charge in [0.1, 0.15) is 0 Å². The van der Waals surface area contributed by atoms with Crippen LogP contribution in [0.4, 0.5) is 0 Å². The summed E-state index contributed by atoms with van der Waals surface area (Å²) in [7, 11) is -3.35. The summed E-state index contributed by atoms with van der Waals surface area (Å²) in [5.74, 6) is -0.0620. The van der Waals surface area contributed by atoms with E-state index in [0.717, 1.165) is 0 Å². The number of hydrogen-bond acceptors (Lipinski definition) is 6. The first-order chi connectivity index (χ1) is 8.01. The van der Waals surface area contributed by atoms with Gasteiger partial charge >= 0.3 is 29.6 Å². The summed E-state index contributed by atoms with van der Waals surface area (Å²) < 4.78 is 27.7. The first kappa shape index (κ1) is 18.7. The molecule has 1 rings (SSSR count). The van der Waals surface area contributed by atoms with E-state index in [1.54, 1.807) is 13.0 Å². The molecule has 0 saturated carbocycles. The van der Waals surface area contributed by atoms with Crippen molar-refractivity contribution in [2.45, 2.75) is 16.7 Å². The van der Waals surface area contributed by atoms with Crippen molar-refractivity contribution in [3.63, 3.8) is 0 Å². The number of sulfone groups is 1. The third kappa shape index (κ3) is 5.36. The van der Waals surface area contributed by atoms with E-state index in [2.05, 4.69) is 9.37 Å². The van der Waals surface area contributed by atoms with Gasteiger partial charge in [-0.2, -0.15) is 4.33 Å². The Balaban J connectivity index is 0.00000289. The van der Waals surface area contributed by atoms with E-state index in [4.69, 9.17) is 11.6 Å². The van der Waals surface area contributed by atoms with Crippen LogP contribution in [0.1, 0.15) is 5.56 Å². The molecule has 0 atom stereocenters. The van der Waals surface area contributed by atoms with Gasteiger partial charge in [-0.25, -0.2) is 8.42 Å². The second-order valence-electron chi connectivity index (χ2n) is 3.15. The van der Waals surface area contributed by atoms with Crippen molar-refractivity contribution in [3.05, 3.63) is 23.8 Å². The fraction of sp³-hybridized carbons (Fsp3) is 0.333. The molecule has 0 aliphatic rings. The zero-order chi connectivity index (χ0) is 12.9. The predicted molar refractivity (Wildman–Crippen MR) is 62.0 cm³/mol. The molecule has 0 spiro atoms. The molecule has 18 heavy (non-hydrogen) atoms. The molecule has 96 valence electrons. The fourth-order valence-corrected chi connectivity index (χ4v) is 3.60. The predicted octanol–water partition coefficient (Wildman–Crippen LogP) is -1.76. The topological polar surface area (TPSA) is 75.7 Å². The third-order valence-corrected chi connectivity index (χ3v) is 4.84.